The zero-order valence-electron chi connectivity index (χ0n) is 9.79. The average Bonchev–Trinajstić information content (AvgIpc) is 2.39. The molecule has 0 fully saturated rings. The molecule has 0 aliphatic rings. The number of primary amides is 1. The Balaban J connectivity index is 2.31. The predicted molar refractivity (Wildman–Crippen MR) is 66.4 cm³/mol. The number of ether oxygens (including phenoxy) is 2. The van der Waals surface area contributed by atoms with Gasteiger partial charge in [-0.3, -0.25) is 4.98 Å². The molecule has 0 unspecified atom stereocenters. The van der Waals surface area contributed by atoms with Gasteiger partial charge in [0.15, 0.2) is 5.75 Å². The second kappa shape index (κ2) is 5.18. The Morgan fingerprint density at radius 1 is 1.22 bits per heavy atom. The summed E-state index contributed by atoms with van der Waals surface area (Å²) in [5.74, 6) is 1.04. The highest BCUT2D eigenvalue weighted by atomic mass is 16.5. The second-order valence-electron chi connectivity index (χ2n) is 3.50. The average molecular weight is 244 g/mol. The fraction of sp³-hybridized carbons (Fsp3) is 0.0769. The third-order valence-electron chi connectivity index (χ3n) is 2.34. The molecule has 0 radical (unpaired) electrons. The van der Waals surface area contributed by atoms with E-state index >= 15 is 0 Å². The first-order chi connectivity index (χ1) is 8.70. The molecule has 0 spiro atoms. The van der Waals surface area contributed by atoms with Crippen molar-refractivity contribution in [3.05, 3.63) is 42.6 Å². The molecule has 92 valence electrons. The monoisotopic (exact) mass is 244 g/mol. The van der Waals surface area contributed by atoms with Crippen molar-refractivity contribution < 1.29 is 14.3 Å². The lowest BCUT2D eigenvalue weighted by Gasteiger charge is -2.07. The van der Waals surface area contributed by atoms with Gasteiger partial charge in [-0.1, -0.05) is 12.1 Å². The lowest BCUT2D eigenvalue weighted by molar-refractivity contribution is 0.210. The summed E-state index contributed by atoms with van der Waals surface area (Å²) in [7, 11) is 1.60. The highest BCUT2D eigenvalue weighted by Crippen LogP contribution is 2.28. The Kier molecular flexibility index (Phi) is 3.43. The van der Waals surface area contributed by atoms with Crippen LogP contribution < -0.4 is 15.2 Å². The zero-order valence-corrected chi connectivity index (χ0v) is 9.79. The summed E-state index contributed by atoms with van der Waals surface area (Å²) in [6.45, 7) is 0. The highest BCUT2D eigenvalue weighted by molar-refractivity contribution is 5.69. The van der Waals surface area contributed by atoms with Gasteiger partial charge in [-0.2, -0.15) is 0 Å². The standard InChI is InChI=1S/C13H12N2O3/c1-17-12-5-3-2-4-10(12)11-7-6-9(8-15-11)18-13(14)16/h2-8H,1H3,(H2,14,16). The summed E-state index contributed by atoms with van der Waals surface area (Å²) in [6, 6.07) is 10.9. The van der Waals surface area contributed by atoms with Gasteiger partial charge in [-0.15, -0.1) is 0 Å². The largest absolute Gasteiger partial charge is 0.496 e. The SMILES string of the molecule is COc1ccccc1-c1ccc(OC(N)=O)cn1. The van der Waals surface area contributed by atoms with Crippen LogP contribution in [0.15, 0.2) is 42.6 Å². The quantitative estimate of drug-likeness (QED) is 0.898. The number of pyridine rings is 1. The van der Waals surface area contributed by atoms with Crippen LogP contribution in [0, 0.1) is 0 Å². The molecule has 5 nitrogen and oxygen atoms in total. The smallest absolute Gasteiger partial charge is 0.410 e. The number of nitrogens with two attached hydrogens (primary N) is 1. The van der Waals surface area contributed by atoms with Gasteiger partial charge in [0.1, 0.15) is 5.75 Å². The van der Waals surface area contributed by atoms with Crippen molar-refractivity contribution in [2.45, 2.75) is 0 Å². The van der Waals surface area contributed by atoms with E-state index in [2.05, 4.69) is 4.98 Å². The number of methoxy groups -OCH3 is 1. The first-order valence-electron chi connectivity index (χ1n) is 5.27. The van der Waals surface area contributed by atoms with Gasteiger partial charge in [-0.05, 0) is 24.3 Å². The molecule has 2 aromatic rings. The van der Waals surface area contributed by atoms with Crippen molar-refractivity contribution in [2.24, 2.45) is 5.73 Å². The van der Waals surface area contributed by atoms with Crippen LogP contribution in [0.2, 0.25) is 0 Å². The van der Waals surface area contributed by atoms with Crippen molar-refractivity contribution in [3.8, 4) is 22.8 Å². The van der Waals surface area contributed by atoms with Crippen molar-refractivity contribution in [1.82, 2.24) is 4.98 Å². The summed E-state index contributed by atoms with van der Waals surface area (Å²) in [4.78, 5) is 14.8. The van der Waals surface area contributed by atoms with Crippen LogP contribution in [0.3, 0.4) is 0 Å². The van der Waals surface area contributed by atoms with E-state index in [0.29, 0.717) is 5.75 Å². The molecular weight excluding hydrogens is 232 g/mol. The van der Waals surface area contributed by atoms with Crippen LogP contribution in [0.1, 0.15) is 0 Å². The maximum absolute atomic E-state index is 10.6. The lowest BCUT2D eigenvalue weighted by Crippen LogP contribution is -2.16. The van der Waals surface area contributed by atoms with E-state index in [4.69, 9.17) is 15.2 Å². The number of benzene rings is 1. The maximum Gasteiger partial charge on any atom is 0.410 e. The minimum absolute atomic E-state index is 0.307. The van der Waals surface area contributed by atoms with Crippen LogP contribution >= 0.6 is 0 Å². The molecule has 0 aliphatic heterocycles. The fourth-order valence-electron chi connectivity index (χ4n) is 1.57. The third-order valence-corrected chi connectivity index (χ3v) is 2.34. The van der Waals surface area contributed by atoms with Crippen LogP contribution in [-0.4, -0.2) is 18.2 Å². The Labute approximate surface area is 104 Å². The Hall–Kier alpha value is -2.56. The van der Waals surface area contributed by atoms with E-state index in [9.17, 15) is 4.79 Å². The summed E-state index contributed by atoms with van der Waals surface area (Å²) in [6.07, 6.45) is 0.578. The molecule has 0 atom stereocenters. The number of amides is 1. The minimum atomic E-state index is -0.859. The number of carbonyl (C=O) groups is 1. The molecule has 1 aromatic carbocycles. The first kappa shape index (κ1) is 11.9. The number of rotatable bonds is 3. The summed E-state index contributed by atoms with van der Waals surface area (Å²) in [5, 5.41) is 0. The molecular formula is C13H12N2O3. The van der Waals surface area contributed by atoms with Crippen LogP contribution in [0.25, 0.3) is 11.3 Å². The normalized spacial score (nSPS) is 9.83. The lowest BCUT2D eigenvalue weighted by atomic mass is 10.1. The van der Waals surface area contributed by atoms with Crippen LogP contribution in [0.4, 0.5) is 4.79 Å². The van der Waals surface area contributed by atoms with E-state index in [1.807, 2.05) is 24.3 Å². The number of aromatic nitrogens is 1. The summed E-state index contributed by atoms with van der Waals surface area (Å²) in [5.41, 5.74) is 6.50. The van der Waals surface area contributed by atoms with E-state index in [-0.39, 0.29) is 0 Å². The molecule has 1 aromatic heterocycles. The van der Waals surface area contributed by atoms with Crippen molar-refractivity contribution in [1.29, 1.82) is 0 Å². The van der Waals surface area contributed by atoms with Gasteiger partial charge in [0.2, 0.25) is 0 Å². The summed E-state index contributed by atoms with van der Waals surface area (Å²) >= 11 is 0. The molecule has 0 aliphatic carbocycles. The van der Waals surface area contributed by atoms with E-state index in [1.54, 1.807) is 19.2 Å². The maximum atomic E-state index is 10.6. The Bertz CT molecular complexity index is 552. The first-order valence-corrected chi connectivity index (χ1v) is 5.27. The molecule has 1 amide bonds. The predicted octanol–water partition coefficient (Wildman–Crippen LogP) is 2.21. The summed E-state index contributed by atoms with van der Waals surface area (Å²) < 4.78 is 9.96. The molecule has 0 bridgehead atoms. The van der Waals surface area contributed by atoms with E-state index in [0.717, 1.165) is 17.0 Å². The Morgan fingerprint density at radius 2 is 2.00 bits per heavy atom. The fourth-order valence-corrected chi connectivity index (χ4v) is 1.57. The van der Waals surface area contributed by atoms with E-state index in [1.165, 1.54) is 6.20 Å². The van der Waals surface area contributed by atoms with Gasteiger partial charge < -0.3 is 15.2 Å². The van der Waals surface area contributed by atoms with Gasteiger partial charge in [0, 0.05) is 5.56 Å². The number of hydrogen-bond acceptors (Lipinski definition) is 4. The number of nitrogens with zero attached hydrogens (tertiary/aromatic N) is 1. The van der Waals surface area contributed by atoms with Gasteiger partial charge in [0.05, 0.1) is 19.0 Å². The topological polar surface area (TPSA) is 74.4 Å². The molecule has 1 heterocycles. The van der Waals surface area contributed by atoms with Gasteiger partial charge >= 0.3 is 6.09 Å². The molecule has 0 saturated heterocycles. The number of hydrogen-bond donors (Lipinski definition) is 1. The molecule has 2 rings (SSSR count). The molecule has 2 N–H and O–H groups in total. The Morgan fingerprint density at radius 3 is 2.61 bits per heavy atom. The van der Waals surface area contributed by atoms with E-state index < -0.39 is 6.09 Å². The highest BCUT2D eigenvalue weighted by Gasteiger charge is 2.06. The second-order valence-corrected chi connectivity index (χ2v) is 3.50. The zero-order chi connectivity index (χ0) is 13.0. The van der Waals surface area contributed by atoms with Gasteiger partial charge in [-0.25, -0.2) is 4.79 Å². The minimum Gasteiger partial charge on any atom is -0.496 e. The van der Waals surface area contributed by atoms with Crippen molar-refractivity contribution in [2.75, 3.05) is 7.11 Å². The van der Waals surface area contributed by atoms with Crippen LogP contribution in [0.5, 0.6) is 11.5 Å². The molecule has 18 heavy (non-hydrogen) atoms. The number of carbonyl (C=O) groups excluding carboxylic acids is 1. The number of para-hydroxylation sites is 1. The third kappa shape index (κ3) is 2.57. The van der Waals surface area contributed by atoms with Crippen molar-refractivity contribution in [3.63, 3.8) is 0 Å². The van der Waals surface area contributed by atoms with Gasteiger partial charge in [0.25, 0.3) is 0 Å². The van der Waals surface area contributed by atoms with Crippen LogP contribution in [-0.2, 0) is 0 Å². The molecule has 5 heteroatoms. The molecule has 0 saturated carbocycles. The van der Waals surface area contributed by atoms with Crippen molar-refractivity contribution >= 4 is 6.09 Å².